The van der Waals surface area contributed by atoms with Crippen LogP contribution in [0.2, 0.25) is 0 Å². The first-order valence-corrected chi connectivity index (χ1v) is 13.4. The van der Waals surface area contributed by atoms with Crippen molar-refractivity contribution in [3.63, 3.8) is 0 Å². The summed E-state index contributed by atoms with van der Waals surface area (Å²) in [6, 6.07) is 12.4. The van der Waals surface area contributed by atoms with Gasteiger partial charge in [-0.15, -0.1) is 0 Å². The van der Waals surface area contributed by atoms with Gasteiger partial charge in [-0.2, -0.15) is 5.10 Å². The molecule has 2 aliphatic heterocycles. The summed E-state index contributed by atoms with van der Waals surface area (Å²) in [6.45, 7) is 7.87. The summed E-state index contributed by atoms with van der Waals surface area (Å²) in [5.41, 5.74) is 3.94. The highest BCUT2D eigenvalue weighted by Crippen LogP contribution is 2.34. The molecule has 10 heteroatoms. The van der Waals surface area contributed by atoms with Crippen LogP contribution in [0, 0.1) is 0 Å². The lowest BCUT2D eigenvalue weighted by molar-refractivity contribution is 0.148. The summed E-state index contributed by atoms with van der Waals surface area (Å²) in [4.78, 5) is 19.1. The smallest absolute Gasteiger partial charge is 0.222 e. The van der Waals surface area contributed by atoms with Gasteiger partial charge in [0.15, 0.2) is 5.82 Å². The molecule has 39 heavy (non-hydrogen) atoms. The number of nitrogens with zero attached hydrogens (tertiary/aromatic N) is 7. The van der Waals surface area contributed by atoms with Crippen molar-refractivity contribution < 1.29 is 9.47 Å². The van der Waals surface area contributed by atoms with Crippen molar-refractivity contribution >= 4 is 11.6 Å². The van der Waals surface area contributed by atoms with E-state index in [1.807, 2.05) is 32.3 Å². The number of ether oxygens (including phenoxy) is 2. The summed E-state index contributed by atoms with van der Waals surface area (Å²) in [5, 5.41) is 7.82. The minimum Gasteiger partial charge on any atom is -0.490 e. The van der Waals surface area contributed by atoms with Gasteiger partial charge in [0.25, 0.3) is 0 Å². The van der Waals surface area contributed by atoms with Crippen molar-refractivity contribution in [3.8, 4) is 34.1 Å². The van der Waals surface area contributed by atoms with Gasteiger partial charge in [-0.05, 0) is 31.2 Å². The summed E-state index contributed by atoms with van der Waals surface area (Å²) in [7, 11) is 4.04. The molecule has 6 rings (SSSR count). The molecule has 0 radical (unpaired) electrons. The highest BCUT2D eigenvalue weighted by molar-refractivity contribution is 5.79. The van der Waals surface area contributed by atoms with E-state index in [9.17, 15) is 0 Å². The lowest BCUT2D eigenvalue weighted by atomic mass is 10.0. The van der Waals surface area contributed by atoms with Crippen LogP contribution in [0.25, 0.3) is 22.5 Å². The Morgan fingerprint density at radius 2 is 1.79 bits per heavy atom. The van der Waals surface area contributed by atoms with E-state index in [1.165, 1.54) is 5.56 Å². The van der Waals surface area contributed by atoms with Gasteiger partial charge in [0.05, 0.1) is 18.9 Å². The highest BCUT2D eigenvalue weighted by atomic mass is 16.5. The van der Waals surface area contributed by atoms with Gasteiger partial charge in [0.2, 0.25) is 5.88 Å². The number of aromatic nitrogens is 5. The number of anilines is 2. The van der Waals surface area contributed by atoms with E-state index in [-0.39, 0.29) is 6.10 Å². The Morgan fingerprint density at radius 1 is 0.974 bits per heavy atom. The van der Waals surface area contributed by atoms with E-state index >= 15 is 0 Å². The Bertz CT molecular complexity index is 1430. The Balaban J connectivity index is 1.35. The Labute approximate surface area is 228 Å². The van der Waals surface area contributed by atoms with Gasteiger partial charge in [-0.1, -0.05) is 24.3 Å². The summed E-state index contributed by atoms with van der Waals surface area (Å²) < 4.78 is 14.0. The molecule has 1 atom stereocenters. The highest BCUT2D eigenvalue weighted by Gasteiger charge is 2.20. The Kier molecular flexibility index (Phi) is 7.12. The third-order valence-electron chi connectivity index (χ3n) is 7.26. The first kappa shape index (κ1) is 25.3. The van der Waals surface area contributed by atoms with Crippen LogP contribution in [0.1, 0.15) is 18.9 Å². The van der Waals surface area contributed by atoms with Crippen molar-refractivity contribution in [1.29, 1.82) is 0 Å². The Morgan fingerprint density at radius 3 is 2.62 bits per heavy atom. The van der Waals surface area contributed by atoms with Crippen molar-refractivity contribution in [2.24, 2.45) is 7.05 Å². The monoisotopic (exact) mass is 526 g/mol. The maximum atomic E-state index is 6.13. The quantitative estimate of drug-likeness (QED) is 0.425. The molecule has 0 amide bonds. The third kappa shape index (κ3) is 5.71. The van der Waals surface area contributed by atoms with E-state index in [1.54, 1.807) is 17.1 Å². The normalized spacial score (nSPS) is 18.3. The van der Waals surface area contributed by atoms with Crippen LogP contribution in [0.3, 0.4) is 0 Å². The maximum Gasteiger partial charge on any atom is 0.222 e. The molecule has 0 spiro atoms. The first-order chi connectivity index (χ1) is 19.0. The van der Waals surface area contributed by atoms with Gasteiger partial charge < -0.3 is 19.7 Å². The second kappa shape index (κ2) is 11.0. The van der Waals surface area contributed by atoms with Crippen molar-refractivity contribution in [2.75, 3.05) is 45.2 Å². The number of piperazine rings is 1. The fraction of sp³-hybridized carbons (Fsp3) is 0.379. The summed E-state index contributed by atoms with van der Waals surface area (Å²) in [6.07, 6.45) is 6.01. The maximum absolute atomic E-state index is 6.13. The minimum atomic E-state index is -0.0335. The molecule has 5 heterocycles. The van der Waals surface area contributed by atoms with Crippen LogP contribution in [-0.4, -0.2) is 80.5 Å². The van der Waals surface area contributed by atoms with Gasteiger partial charge in [-0.3, -0.25) is 4.90 Å². The van der Waals surface area contributed by atoms with Crippen molar-refractivity contribution in [3.05, 3.63) is 60.6 Å². The molecule has 4 bridgehead atoms. The van der Waals surface area contributed by atoms with Crippen molar-refractivity contribution in [1.82, 2.24) is 34.5 Å². The average Bonchev–Trinajstić information content (AvgIpc) is 3.30. The predicted octanol–water partition coefficient (Wildman–Crippen LogP) is 3.98. The van der Waals surface area contributed by atoms with Gasteiger partial charge in [0.1, 0.15) is 22.9 Å². The number of benzene rings is 1. The van der Waals surface area contributed by atoms with E-state index in [0.29, 0.717) is 36.4 Å². The van der Waals surface area contributed by atoms with Crippen molar-refractivity contribution in [2.45, 2.75) is 26.0 Å². The summed E-state index contributed by atoms with van der Waals surface area (Å²) >= 11 is 0. The number of nitrogens with one attached hydrogen (secondary N) is 1. The largest absolute Gasteiger partial charge is 0.490 e. The minimum absolute atomic E-state index is 0.0335. The first-order valence-electron chi connectivity index (χ1n) is 13.4. The number of aryl methyl sites for hydroxylation is 1. The number of pyridine rings is 1. The Hall–Kier alpha value is -4.02. The molecule has 4 aromatic rings. The molecule has 3 aromatic heterocycles. The van der Waals surface area contributed by atoms with E-state index in [2.05, 4.69) is 56.5 Å². The lowest BCUT2D eigenvalue weighted by Gasteiger charge is -2.32. The molecule has 1 fully saturated rings. The molecule has 0 unspecified atom stereocenters. The van der Waals surface area contributed by atoms with Crippen LogP contribution in [0.4, 0.5) is 11.6 Å². The topological polar surface area (TPSA) is 93.5 Å². The molecule has 0 saturated carbocycles. The van der Waals surface area contributed by atoms with Gasteiger partial charge >= 0.3 is 0 Å². The third-order valence-corrected chi connectivity index (χ3v) is 7.26. The molecular formula is C29H34N8O2. The zero-order chi connectivity index (χ0) is 26.8. The number of rotatable bonds is 3. The number of hydrogen-bond acceptors (Lipinski definition) is 9. The van der Waals surface area contributed by atoms with E-state index in [0.717, 1.165) is 55.2 Å². The molecule has 1 saturated heterocycles. The lowest BCUT2D eigenvalue weighted by Crippen LogP contribution is -2.43. The molecule has 2 aliphatic rings. The molecule has 1 aromatic carbocycles. The zero-order valence-corrected chi connectivity index (χ0v) is 22.7. The van der Waals surface area contributed by atoms with Crippen LogP contribution in [0.5, 0.6) is 11.6 Å². The summed E-state index contributed by atoms with van der Waals surface area (Å²) in [5.74, 6) is 3.20. The fourth-order valence-corrected chi connectivity index (χ4v) is 4.91. The second-order valence-corrected chi connectivity index (χ2v) is 10.3. The SMILES string of the molecule is C[C@H]1CCOc2c(cnn2C)-c2ncc(-c3ccc(CN4CCN(C)CC4)cc3)c(n2)Nc2cc(ccn2)O1. The molecule has 202 valence electrons. The molecule has 0 aliphatic carbocycles. The van der Waals surface area contributed by atoms with Crippen LogP contribution >= 0.6 is 0 Å². The number of fused-ring (bicyclic) bond motifs is 6. The van der Waals surface area contributed by atoms with Crippen LogP contribution in [0.15, 0.2) is 55.0 Å². The predicted molar refractivity (Wildman–Crippen MR) is 150 cm³/mol. The fourth-order valence-electron chi connectivity index (χ4n) is 4.91. The standard InChI is InChI=1S/C29H34N8O2/c1-20-9-15-38-29-25(18-32-36(29)3)27-31-17-24(28(34-27)33-26-16-23(39-20)8-10-30-26)22-6-4-21(5-7-22)19-37-13-11-35(2)12-14-37/h4-8,10,16-18,20H,9,11-15,19H2,1-3H3,(H,30,31,33,34)/t20-/m0/s1. The van der Waals surface area contributed by atoms with Crippen LogP contribution < -0.4 is 14.8 Å². The second-order valence-electron chi connectivity index (χ2n) is 10.3. The van der Waals surface area contributed by atoms with E-state index < -0.39 is 0 Å². The van der Waals surface area contributed by atoms with Crippen LogP contribution in [-0.2, 0) is 13.6 Å². The van der Waals surface area contributed by atoms with E-state index in [4.69, 9.17) is 19.4 Å². The zero-order valence-electron chi connectivity index (χ0n) is 22.7. The average molecular weight is 527 g/mol. The number of likely N-dealkylation sites (N-methyl/N-ethyl adjacent to an activating group) is 1. The van der Waals surface area contributed by atoms with Gasteiger partial charge in [-0.25, -0.2) is 19.6 Å². The molecular weight excluding hydrogens is 492 g/mol. The molecule has 10 nitrogen and oxygen atoms in total. The van der Waals surface area contributed by atoms with Gasteiger partial charge in [0, 0.05) is 70.2 Å². The molecule has 1 N–H and O–H groups in total. The number of hydrogen-bond donors (Lipinski definition) is 1.